The summed E-state index contributed by atoms with van der Waals surface area (Å²) < 4.78 is 12.5. The standard InChI is InChI=1S/C15H12Br2O3/c1-9(18)10-3-5-14(12(16)7-10)20-15-6-4-11(19-2)8-13(15)17/h3-8H,1-2H3. The highest BCUT2D eigenvalue weighted by molar-refractivity contribution is 9.11. The van der Waals surface area contributed by atoms with Crippen molar-refractivity contribution >= 4 is 37.6 Å². The van der Waals surface area contributed by atoms with Gasteiger partial charge in [0.25, 0.3) is 0 Å². The summed E-state index contributed by atoms with van der Waals surface area (Å²) in [5.74, 6) is 2.07. The molecule has 0 saturated heterocycles. The van der Waals surface area contributed by atoms with Crippen LogP contribution in [0.15, 0.2) is 45.3 Å². The number of halogens is 2. The van der Waals surface area contributed by atoms with Crippen molar-refractivity contribution in [2.75, 3.05) is 7.11 Å². The lowest BCUT2D eigenvalue weighted by molar-refractivity contribution is 0.101. The molecule has 2 aromatic rings. The molecule has 3 nitrogen and oxygen atoms in total. The third-order valence-corrected chi connectivity index (χ3v) is 3.94. The molecule has 0 aliphatic rings. The molecule has 20 heavy (non-hydrogen) atoms. The Bertz CT molecular complexity index is 654. The second-order valence-electron chi connectivity index (χ2n) is 4.10. The van der Waals surface area contributed by atoms with E-state index in [0.29, 0.717) is 17.1 Å². The topological polar surface area (TPSA) is 35.5 Å². The van der Waals surface area contributed by atoms with Crippen LogP contribution >= 0.6 is 31.9 Å². The molecule has 0 fully saturated rings. The zero-order valence-corrected chi connectivity index (χ0v) is 14.1. The minimum absolute atomic E-state index is 0.0166. The zero-order chi connectivity index (χ0) is 14.7. The second kappa shape index (κ2) is 6.41. The monoisotopic (exact) mass is 398 g/mol. The van der Waals surface area contributed by atoms with Gasteiger partial charge in [0.05, 0.1) is 16.1 Å². The summed E-state index contributed by atoms with van der Waals surface area (Å²) in [5, 5.41) is 0. The van der Waals surface area contributed by atoms with E-state index in [1.165, 1.54) is 6.92 Å². The van der Waals surface area contributed by atoms with E-state index in [-0.39, 0.29) is 5.78 Å². The maximum atomic E-state index is 11.3. The number of carbonyl (C=O) groups excluding carboxylic acids is 1. The molecule has 0 unspecified atom stereocenters. The van der Waals surface area contributed by atoms with Crippen molar-refractivity contribution < 1.29 is 14.3 Å². The zero-order valence-electron chi connectivity index (χ0n) is 10.9. The van der Waals surface area contributed by atoms with Crippen molar-refractivity contribution in [2.45, 2.75) is 6.92 Å². The lowest BCUT2D eigenvalue weighted by Gasteiger charge is -2.11. The van der Waals surface area contributed by atoms with E-state index in [1.54, 1.807) is 25.3 Å². The molecule has 5 heteroatoms. The van der Waals surface area contributed by atoms with Crippen LogP contribution in [0.25, 0.3) is 0 Å². The maximum Gasteiger partial charge on any atom is 0.159 e. The van der Waals surface area contributed by atoms with Crippen LogP contribution in [0.5, 0.6) is 17.2 Å². The Kier molecular flexibility index (Phi) is 4.83. The van der Waals surface area contributed by atoms with Gasteiger partial charge >= 0.3 is 0 Å². The highest BCUT2D eigenvalue weighted by Crippen LogP contribution is 2.36. The fourth-order valence-electron chi connectivity index (χ4n) is 1.61. The largest absolute Gasteiger partial charge is 0.497 e. The maximum absolute atomic E-state index is 11.3. The van der Waals surface area contributed by atoms with Gasteiger partial charge in [0.15, 0.2) is 5.78 Å². The molecular formula is C15H12Br2O3. The molecule has 0 N–H and O–H groups in total. The summed E-state index contributed by atoms with van der Waals surface area (Å²) in [7, 11) is 1.61. The van der Waals surface area contributed by atoms with Crippen LogP contribution in [0.2, 0.25) is 0 Å². The number of rotatable bonds is 4. The van der Waals surface area contributed by atoms with Gasteiger partial charge in [-0.15, -0.1) is 0 Å². The van der Waals surface area contributed by atoms with E-state index in [0.717, 1.165) is 14.7 Å². The number of ether oxygens (including phenoxy) is 2. The van der Waals surface area contributed by atoms with E-state index >= 15 is 0 Å². The first kappa shape index (κ1) is 15.1. The molecule has 0 aliphatic carbocycles. The van der Waals surface area contributed by atoms with Crippen LogP contribution in [0, 0.1) is 0 Å². The number of methoxy groups -OCH3 is 1. The Labute approximate surface area is 134 Å². The molecule has 0 radical (unpaired) electrons. The third kappa shape index (κ3) is 3.41. The lowest BCUT2D eigenvalue weighted by atomic mass is 10.1. The first-order valence-corrected chi connectivity index (χ1v) is 7.41. The summed E-state index contributed by atoms with van der Waals surface area (Å²) in [6.07, 6.45) is 0. The normalized spacial score (nSPS) is 10.2. The first-order valence-electron chi connectivity index (χ1n) is 5.83. The van der Waals surface area contributed by atoms with Gasteiger partial charge < -0.3 is 9.47 Å². The summed E-state index contributed by atoms with van der Waals surface area (Å²) in [4.78, 5) is 11.3. The summed E-state index contributed by atoms with van der Waals surface area (Å²) >= 11 is 6.84. The van der Waals surface area contributed by atoms with Gasteiger partial charge in [-0.3, -0.25) is 4.79 Å². The highest BCUT2D eigenvalue weighted by Gasteiger charge is 2.09. The Hall–Kier alpha value is -1.33. The van der Waals surface area contributed by atoms with Crippen LogP contribution in [0.1, 0.15) is 17.3 Å². The number of Topliss-reactive ketones (excluding diaryl/α,β-unsaturated/α-hetero) is 1. The number of hydrogen-bond donors (Lipinski definition) is 0. The minimum Gasteiger partial charge on any atom is -0.497 e. The van der Waals surface area contributed by atoms with E-state index in [4.69, 9.17) is 9.47 Å². The number of benzene rings is 2. The Morgan fingerprint density at radius 1 is 1.00 bits per heavy atom. The predicted octanol–water partition coefficient (Wildman–Crippen LogP) is 5.22. The van der Waals surface area contributed by atoms with E-state index in [1.807, 2.05) is 18.2 Å². The van der Waals surface area contributed by atoms with Crippen molar-refractivity contribution in [1.29, 1.82) is 0 Å². The van der Waals surface area contributed by atoms with E-state index < -0.39 is 0 Å². The van der Waals surface area contributed by atoms with Crippen molar-refractivity contribution in [3.63, 3.8) is 0 Å². The average Bonchev–Trinajstić information content (AvgIpc) is 2.42. The molecule has 0 bridgehead atoms. The van der Waals surface area contributed by atoms with Gasteiger partial charge in [0.2, 0.25) is 0 Å². The fraction of sp³-hybridized carbons (Fsp3) is 0.133. The van der Waals surface area contributed by atoms with Crippen LogP contribution in [0.4, 0.5) is 0 Å². The molecule has 104 valence electrons. The van der Waals surface area contributed by atoms with E-state index in [9.17, 15) is 4.79 Å². The van der Waals surface area contributed by atoms with Crippen molar-refractivity contribution in [1.82, 2.24) is 0 Å². The molecule has 2 rings (SSSR count). The summed E-state index contributed by atoms with van der Waals surface area (Å²) in [6, 6.07) is 10.7. The Morgan fingerprint density at radius 2 is 1.60 bits per heavy atom. The first-order chi connectivity index (χ1) is 9.51. The number of ketones is 1. The van der Waals surface area contributed by atoms with Crippen LogP contribution in [-0.4, -0.2) is 12.9 Å². The second-order valence-corrected chi connectivity index (χ2v) is 5.81. The number of carbonyl (C=O) groups is 1. The summed E-state index contributed by atoms with van der Waals surface area (Å²) in [6.45, 7) is 1.53. The summed E-state index contributed by atoms with van der Waals surface area (Å²) in [5.41, 5.74) is 0.637. The van der Waals surface area contributed by atoms with Crippen LogP contribution in [-0.2, 0) is 0 Å². The Balaban J connectivity index is 2.28. The average molecular weight is 400 g/mol. The molecule has 2 aromatic carbocycles. The number of hydrogen-bond acceptors (Lipinski definition) is 3. The lowest BCUT2D eigenvalue weighted by Crippen LogP contribution is -1.93. The van der Waals surface area contributed by atoms with Gasteiger partial charge in [-0.05, 0) is 75.2 Å². The van der Waals surface area contributed by atoms with Crippen molar-refractivity contribution in [2.24, 2.45) is 0 Å². The van der Waals surface area contributed by atoms with Crippen molar-refractivity contribution in [3.05, 3.63) is 50.9 Å². The predicted molar refractivity (Wildman–Crippen MR) is 84.9 cm³/mol. The molecule has 0 aliphatic heterocycles. The minimum atomic E-state index is 0.0166. The molecule has 0 saturated carbocycles. The molecule has 0 atom stereocenters. The van der Waals surface area contributed by atoms with Gasteiger partial charge in [0, 0.05) is 5.56 Å². The SMILES string of the molecule is COc1ccc(Oc2ccc(C(C)=O)cc2Br)c(Br)c1. The molecule has 0 amide bonds. The Morgan fingerprint density at radius 3 is 2.10 bits per heavy atom. The molecule has 0 aromatic heterocycles. The van der Waals surface area contributed by atoms with Gasteiger partial charge in [0.1, 0.15) is 17.2 Å². The van der Waals surface area contributed by atoms with Gasteiger partial charge in [-0.2, -0.15) is 0 Å². The highest BCUT2D eigenvalue weighted by atomic mass is 79.9. The van der Waals surface area contributed by atoms with Gasteiger partial charge in [-0.25, -0.2) is 0 Å². The van der Waals surface area contributed by atoms with Crippen LogP contribution in [0.3, 0.4) is 0 Å². The quantitative estimate of drug-likeness (QED) is 0.661. The fourth-order valence-corrected chi connectivity index (χ4v) is 2.51. The molecule has 0 spiro atoms. The van der Waals surface area contributed by atoms with Crippen LogP contribution < -0.4 is 9.47 Å². The molecule has 0 heterocycles. The van der Waals surface area contributed by atoms with Gasteiger partial charge in [-0.1, -0.05) is 0 Å². The molecular weight excluding hydrogens is 388 g/mol. The van der Waals surface area contributed by atoms with E-state index in [2.05, 4.69) is 31.9 Å². The smallest absolute Gasteiger partial charge is 0.159 e. The third-order valence-electron chi connectivity index (χ3n) is 2.70. The van der Waals surface area contributed by atoms with Crippen molar-refractivity contribution in [3.8, 4) is 17.2 Å².